The van der Waals surface area contributed by atoms with E-state index in [1.165, 1.54) is 18.3 Å². The number of carbonyl (C=O) groups excluding carboxylic acids is 2. The molecular formula is C27H28ClFN4O4. The first kappa shape index (κ1) is 26.5. The molecule has 1 aliphatic rings. The van der Waals surface area contributed by atoms with Gasteiger partial charge in [-0.05, 0) is 61.1 Å². The summed E-state index contributed by atoms with van der Waals surface area (Å²) in [5.41, 5.74) is 0.927. The highest BCUT2D eigenvalue weighted by Gasteiger charge is 2.29. The number of halogens is 2. The molecule has 0 bridgehead atoms. The van der Waals surface area contributed by atoms with Crippen LogP contribution in [0, 0.1) is 5.82 Å². The van der Waals surface area contributed by atoms with Gasteiger partial charge in [0.2, 0.25) is 11.8 Å². The molecule has 0 saturated carbocycles. The fraction of sp³-hybridized carbons (Fsp3) is 0.296. The number of ether oxygens (including phenoxy) is 2. The van der Waals surface area contributed by atoms with Crippen LogP contribution in [-0.4, -0.2) is 72.5 Å². The van der Waals surface area contributed by atoms with Crippen molar-refractivity contribution in [2.45, 2.75) is 12.6 Å². The van der Waals surface area contributed by atoms with E-state index in [4.69, 9.17) is 21.1 Å². The third-order valence-electron chi connectivity index (χ3n) is 5.93. The molecule has 3 aromatic rings. The molecule has 0 aliphatic carbocycles. The van der Waals surface area contributed by atoms with E-state index < -0.39 is 11.9 Å². The summed E-state index contributed by atoms with van der Waals surface area (Å²) in [6.07, 6.45) is 1.51. The van der Waals surface area contributed by atoms with Gasteiger partial charge in [-0.3, -0.25) is 9.59 Å². The minimum Gasteiger partial charge on any atom is -0.438 e. The highest BCUT2D eigenvalue weighted by atomic mass is 35.5. The number of piperazine rings is 1. The summed E-state index contributed by atoms with van der Waals surface area (Å²) in [7, 11) is 2.00. The molecule has 1 fully saturated rings. The van der Waals surface area contributed by atoms with Gasteiger partial charge in [0.25, 0.3) is 5.91 Å². The maximum absolute atomic E-state index is 13.4. The number of likely N-dealkylation sites (N-methyl/N-ethyl adjacent to an activating group) is 1. The van der Waals surface area contributed by atoms with Gasteiger partial charge in [0.05, 0.1) is 13.2 Å². The topological polar surface area (TPSA) is 84.0 Å². The number of carbonyl (C=O) groups is 2. The molecule has 2 amide bonds. The van der Waals surface area contributed by atoms with Gasteiger partial charge in [0.15, 0.2) is 0 Å². The van der Waals surface area contributed by atoms with Gasteiger partial charge in [-0.1, -0.05) is 23.7 Å². The zero-order chi connectivity index (χ0) is 26.2. The maximum Gasteiger partial charge on any atom is 0.257 e. The van der Waals surface area contributed by atoms with Gasteiger partial charge in [-0.2, -0.15) is 0 Å². The molecular weight excluding hydrogens is 499 g/mol. The molecule has 37 heavy (non-hydrogen) atoms. The number of rotatable bonds is 9. The SMILES string of the molecule is CN1CCN(C(=O)C(COCc2ccc(F)cc2)NC(=O)c2cccnc2Oc2ccc(Cl)cc2)CC1. The van der Waals surface area contributed by atoms with Crippen LogP contribution in [0.4, 0.5) is 4.39 Å². The first-order valence-corrected chi connectivity index (χ1v) is 12.3. The predicted molar refractivity (Wildman–Crippen MR) is 137 cm³/mol. The molecule has 0 radical (unpaired) electrons. The Morgan fingerprint density at radius 1 is 1.05 bits per heavy atom. The summed E-state index contributed by atoms with van der Waals surface area (Å²) < 4.78 is 24.8. The van der Waals surface area contributed by atoms with Crippen LogP contribution >= 0.6 is 11.6 Å². The first-order valence-electron chi connectivity index (χ1n) is 11.9. The average Bonchev–Trinajstić information content (AvgIpc) is 2.91. The van der Waals surface area contributed by atoms with Crippen LogP contribution in [0.15, 0.2) is 66.9 Å². The number of benzene rings is 2. The molecule has 1 N–H and O–H groups in total. The van der Waals surface area contributed by atoms with Crippen LogP contribution in [-0.2, 0) is 16.1 Å². The minimum absolute atomic E-state index is 0.0536. The van der Waals surface area contributed by atoms with Crippen molar-refractivity contribution >= 4 is 23.4 Å². The average molecular weight is 527 g/mol. The normalized spacial score (nSPS) is 14.7. The number of aromatic nitrogens is 1. The van der Waals surface area contributed by atoms with Gasteiger partial charge < -0.3 is 24.6 Å². The molecule has 1 aromatic heterocycles. The highest BCUT2D eigenvalue weighted by Crippen LogP contribution is 2.24. The molecule has 4 rings (SSSR count). The largest absolute Gasteiger partial charge is 0.438 e. The van der Waals surface area contributed by atoms with E-state index in [1.807, 2.05) is 7.05 Å². The third-order valence-corrected chi connectivity index (χ3v) is 6.18. The zero-order valence-electron chi connectivity index (χ0n) is 20.4. The first-order chi connectivity index (χ1) is 17.9. The summed E-state index contributed by atoms with van der Waals surface area (Å²) in [4.78, 5) is 34.7. The van der Waals surface area contributed by atoms with E-state index in [0.717, 1.165) is 18.7 Å². The van der Waals surface area contributed by atoms with Crippen LogP contribution in [0.5, 0.6) is 11.6 Å². The molecule has 1 saturated heterocycles. The van der Waals surface area contributed by atoms with Crippen LogP contribution in [0.25, 0.3) is 0 Å². The standard InChI is InChI=1S/C27H28ClFN4O4/c1-32-13-15-33(16-14-32)27(35)24(18-36-17-19-4-8-21(29)9-5-19)31-25(34)23-3-2-12-30-26(23)37-22-10-6-20(28)7-11-22/h2-12,24H,13-18H2,1H3,(H,31,34). The van der Waals surface area contributed by atoms with Crippen LogP contribution < -0.4 is 10.1 Å². The Bertz CT molecular complexity index is 1200. The molecule has 8 nitrogen and oxygen atoms in total. The Hall–Kier alpha value is -3.53. The number of pyridine rings is 1. The summed E-state index contributed by atoms with van der Waals surface area (Å²) in [6.45, 7) is 2.70. The smallest absolute Gasteiger partial charge is 0.257 e. The summed E-state index contributed by atoms with van der Waals surface area (Å²) >= 11 is 5.94. The van der Waals surface area contributed by atoms with Crippen molar-refractivity contribution < 1.29 is 23.5 Å². The number of nitrogens with zero attached hydrogens (tertiary/aromatic N) is 3. The second-order valence-electron chi connectivity index (χ2n) is 8.71. The van der Waals surface area contributed by atoms with Crippen molar-refractivity contribution in [2.24, 2.45) is 0 Å². The lowest BCUT2D eigenvalue weighted by Crippen LogP contribution is -2.55. The summed E-state index contributed by atoms with van der Waals surface area (Å²) in [6, 6.07) is 14.9. The van der Waals surface area contributed by atoms with Crippen molar-refractivity contribution in [1.82, 2.24) is 20.1 Å². The summed E-state index contributed by atoms with van der Waals surface area (Å²) in [5, 5.41) is 3.36. The van der Waals surface area contributed by atoms with E-state index >= 15 is 0 Å². The molecule has 1 aliphatic heterocycles. The molecule has 2 heterocycles. The molecule has 194 valence electrons. The van der Waals surface area contributed by atoms with E-state index in [2.05, 4.69) is 15.2 Å². The quantitative estimate of drug-likeness (QED) is 0.457. The van der Waals surface area contributed by atoms with E-state index in [9.17, 15) is 14.0 Å². The van der Waals surface area contributed by atoms with Gasteiger partial charge in [-0.15, -0.1) is 0 Å². The maximum atomic E-state index is 13.4. The fourth-order valence-electron chi connectivity index (χ4n) is 3.79. The Kier molecular flexibility index (Phi) is 9.05. The molecule has 0 spiro atoms. The van der Waals surface area contributed by atoms with E-state index in [-0.39, 0.29) is 36.4 Å². The van der Waals surface area contributed by atoms with Gasteiger partial charge >= 0.3 is 0 Å². The van der Waals surface area contributed by atoms with Crippen molar-refractivity contribution in [3.05, 3.63) is 88.8 Å². The fourth-order valence-corrected chi connectivity index (χ4v) is 3.92. The number of nitrogens with one attached hydrogen (secondary N) is 1. The molecule has 1 atom stereocenters. The number of hydrogen-bond acceptors (Lipinski definition) is 6. The highest BCUT2D eigenvalue weighted by molar-refractivity contribution is 6.30. The van der Waals surface area contributed by atoms with Gasteiger partial charge in [-0.25, -0.2) is 9.37 Å². The van der Waals surface area contributed by atoms with E-state index in [1.54, 1.807) is 53.4 Å². The lowest BCUT2D eigenvalue weighted by Gasteiger charge is -2.34. The van der Waals surface area contributed by atoms with Crippen LogP contribution in [0.2, 0.25) is 5.02 Å². The Morgan fingerprint density at radius 3 is 2.46 bits per heavy atom. The van der Waals surface area contributed by atoms with Crippen molar-refractivity contribution in [3.8, 4) is 11.6 Å². The third kappa shape index (κ3) is 7.48. The lowest BCUT2D eigenvalue weighted by molar-refractivity contribution is -0.136. The Balaban J connectivity index is 1.47. The number of hydrogen-bond donors (Lipinski definition) is 1. The van der Waals surface area contributed by atoms with Crippen LogP contribution in [0.1, 0.15) is 15.9 Å². The van der Waals surface area contributed by atoms with Gasteiger partial charge in [0, 0.05) is 37.4 Å². The Labute approximate surface area is 219 Å². The van der Waals surface area contributed by atoms with Gasteiger partial charge in [0.1, 0.15) is 23.2 Å². The monoisotopic (exact) mass is 526 g/mol. The second kappa shape index (κ2) is 12.6. The minimum atomic E-state index is -0.931. The summed E-state index contributed by atoms with van der Waals surface area (Å²) in [5.74, 6) is -0.531. The lowest BCUT2D eigenvalue weighted by atomic mass is 10.2. The zero-order valence-corrected chi connectivity index (χ0v) is 21.2. The molecule has 10 heteroatoms. The van der Waals surface area contributed by atoms with Crippen molar-refractivity contribution in [3.63, 3.8) is 0 Å². The number of amides is 2. The van der Waals surface area contributed by atoms with E-state index in [0.29, 0.717) is 23.9 Å². The van der Waals surface area contributed by atoms with Crippen molar-refractivity contribution in [2.75, 3.05) is 39.8 Å². The van der Waals surface area contributed by atoms with Crippen LogP contribution in [0.3, 0.4) is 0 Å². The Morgan fingerprint density at radius 2 is 1.76 bits per heavy atom. The second-order valence-corrected chi connectivity index (χ2v) is 9.14. The van der Waals surface area contributed by atoms with Crippen molar-refractivity contribution in [1.29, 1.82) is 0 Å². The predicted octanol–water partition coefficient (Wildman–Crippen LogP) is 3.76. The molecule has 2 aromatic carbocycles. The molecule has 1 unspecified atom stereocenters.